The molecule has 0 aromatic carbocycles. The Morgan fingerprint density at radius 2 is 2.00 bits per heavy atom. The summed E-state index contributed by atoms with van der Waals surface area (Å²) in [5.74, 6) is 0. The number of rotatable bonds is 6. The van der Waals surface area contributed by atoms with Crippen molar-refractivity contribution < 1.29 is 32.9 Å². The van der Waals surface area contributed by atoms with E-state index in [-0.39, 0.29) is 13.2 Å². The third kappa shape index (κ3) is 8.92. The van der Waals surface area contributed by atoms with E-state index in [0.29, 0.717) is 5.57 Å². The molecule has 0 radical (unpaired) electrons. The van der Waals surface area contributed by atoms with Crippen LogP contribution in [0.2, 0.25) is 0 Å². The van der Waals surface area contributed by atoms with Gasteiger partial charge in [-0.05, 0) is 12.5 Å². The first-order valence-corrected chi connectivity index (χ1v) is 6.87. The normalized spacial score (nSPS) is 17.5. The smallest absolute Gasteiger partial charge is 0.392 e. The quantitative estimate of drug-likeness (QED) is 0.390. The minimum atomic E-state index is -4.94. The van der Waals surface area contributed by atoms with Crippen LogP contribution in [0.5, 0.6) is 0 Å². The maximum atomic E-state index is 11.1. The average Bonchev–Trinajstić information content (AvgIpc) is 1.97. The first-order chi connectivity index (χ1) is 6.66. The lowest BCUT2D eigenvalue weighted by Gasteiger charge is -2.13. The third-order valence-electron chi connectivity index (χ3n) is 1.13. The molecule has 15 heavy (non-hydrogen) atoms. The van der Waals surface area contributed by atoms with Gasteiger partial charge in [-0.1, -0.05) is 6.08 Å². The summed E-state index contributed by atoms with van der Waals surface area (Å²) < 4.78 is 29.6. The van der Waals surface area contributed by atoms with Crippen LogP contribution in [0.25, 0.3) is 0 Å². The molecule has 0 spiro atoms. The van der Waals surface area contributed by atoms with Gasteiger partial charge in [0.05, 0.1) is 13.2 Å². The number of aliphatic hydroxyl groups excluding tert-OH is 1. The van der Waals surface area contributed by atoms with Crippen molar-refractivity contribution in [3.05, 3.63) is 11.6 Å². The zero-order valence-corrected chi connectivity index (χ0v) is 9.73. The lowest BCUT2D eigenvalue weighted by atomic mass is 10.3. The molecule has 0 saturated heterocycles. The first-order valence-electron chi connectivity index (χ1n) is 3.73. The van der Waals surface area contributed by atoms with Crippen molar-refractivity contribution in [1.29, 1.82) is 0 Å². The minimum absolute atomic E-state index is 0.233. The molecule has 0 aromatic heterocycles. The van der Waals surface area contributed by atoms with Gasteiger partial charge in [-0.2, -0.15) is 4.31 Å². The maximum absolute atomic E-state index is 11.1. The number of aliphatic hydroxyl groups is 1. The van der Waals surface area contributed by atoms with Crippen molar-refractivity contribution in [1.82, 2.24) is 0 Å². The predicted octanol–water partition coefficient (Wildman–Crippen LogP) is 0.118. The number of hydrogen-bond acceptors (Lipinski definition) is 5. The molecule has 0 amide bonds. The Kier molecular flexibility index (Phi) is 5.87. The molecule has 10 heteroatoms. The fraction of sp³-hybridized carbons (Fsp3) is 0.600. The van der Waals surface area contributed by atoms with Gasteiger partial charge < -0.3 is 14.9 Å². The average molecular weight is 261 g/mol. The number of hydrogen-bond donors (Lipinski definition) is 4. The summed E-state index contributed by atoms with van der Waals surface area (Å²) in [7, 11) is -9.22. The largest absolute Gasteiger partial charge is 0.477 e. The van der Waals surface area contributed by atoms with Crippen molar-refractivity contribution in [2.24, 2.45) is 5.50 Å². The van der Waals surface area contributed by atoms with Gasteiger partial charge in [-0.3, -0.25) is 4.52 Å². The van der Waals surface area contributed by atoms with Gasteiger partial charge in [-0.25, -0.2) is 14.6 Å². The van der Waals surface area contributed by atoms with Gasteiger partial charge in [0.2, 0.25) is 0 Å². The zero-order chi connectivity index (χ0) is 12.1. The molecule has 5 N–H and O–H groups in total. The summed E-state index contributed by atoms with van der Waals surface area (Å²) in [4.78, 5) is 16.6. The Labute approximate surface area is 86.5 Å². The van der Waals surface area contributed by atoms with E-state index in [1.54, 1.807) is 6.92 Å². The van der Waals surface area contributed by atoms with E-state index in [0.717, 1.165) is 0 Å². The zero-order valence-electron chi connectivity index (χ0n) is 7.94. The van der Waals surface area contributed by atoms with Gasteiger partial charge in [0.25, 0.3) is 0 Å². The molecular formula is C5H13NO7P2. The highest BCUT2D eigenvalue weighted by atomic mass is 31.3. The Balaban J connectivity index is 4.23. The summed E-state index contributed by atoms with van der Waals surface area (Å²) in [5, 5.41) is 8.46. The summed E-state index contributed by atoms with van der Waals surface area (Å²) in [6.45, 7) is 1.06. The molecule has 0 saturated carbocycles. The number of nitrogens with two attached hydrogens (primary N) is 1. The lowest BCUT2D eigenvalue weighted by molar-refractivity contribution is 0.235. The van der Waals surface area contributed by atoms with Crippen molar-refractivity contribution in [3.63, 3.8) is 0 Å². The SMILES string of the molecule is C/C(=C\CO)COP(N)(=O)OP(=O)(O)O. The van der Waals surface area contributed by atoms with Crippen LogP contribution in [-0.2, 0) is 18.0 Å². The van der Waals surface area contributed by atoms with Gasteiger partial charge in [0.1, 0.15) is 0 Å². The molecule has 1 unspecified atom stereocenters. The maximum Gasteiger partial charge on any atom is 0.477 e. The molecule has 0 aliphatic carbocycles. The minimum Gasteiger partial charge on any atom is -0.392 e. The molecule has 0 aliphatic rings. The Morgan fingerprint density at radius 3 is 2.40 bits per heavy atom. The molecule has 0 bridgehead atoms. The van der Waals surface area contributed by atoms with Crippen LogP contribution in [-0.4, -0.2) is 28.1 Å². The van der Waals surface area contributed by atoms with E-state index >= 15 is 0 Å². The Morgan fingerprint density at radius 1 is 1.47 bits per heavy atom. The standard InChI is InChI=1S/C5H13NO7P2/c1-5(2-3-7)4-12-14(6,8)13-15(9,10)11/h2,7H,3-4H2,1H3,(H2,6,8)(H2,9,10,11)/b5-2+. The van der Waals surface area contributed by atoms with Crippen LogP contribution in [0.4, 0.5) is 0 Å². The van der Waals surface area contributed by atoms with E-state index < -0.39 is 15.6 Å². The van der Waals surface area contributed by atoms with E-state index in [9.17, 15) is 9.13 Å². The third-order valence-corrected chi connectivity index (χ3v) is 3.38. The Hall–Kier alpha value is -0.0400. The van der Waals surface area contributed by atoms with Crippen LogP contribution < -0.4 is 5.50 Å². The van der Waals surface area contributed by atoms with E-state index in [4.69, 9.17) is 20.4 Å². The van der Waals surface area contributed by atoms with Crippen LogP contribution in [0.15, 0.2) is 11.6 Å². The van der Waals surface area contributed by atoms with Crippen LogP contribution in [0.3, 0.4) is 0 Å². The van der Waals surface area contributed by atoms with Crippen LogP contribution in [0.1, 0.15) is 6.92 Å². The van der Waals surface area contributed by atoms with Crippen LogP contribution in [0, 0.1) is 0 Å². The molecule has 8 nitrogen and oxygen atoms in total. The second-order valence-corrected chi connectivity index (χ2v) is 5.59. The molecular weight excluding hydrogens is 248 g/mol. The topological polar surface area (TPSA) is 139 Å². The summed E-state index contributed by atoms with van der Waals surface area (Å²) in [6, 6.07) is 0. The summed E-state index contributed by atoms with van der Waals surface area (Å²) in [6.07, 6.45) is 1.36. The predicted molar refractivity (Wildman–Crippen MR) is 51.7 cm³/mol. The Bertz CT molecular complexity index is 321. The van der Waals surface area contributed by atoms with Gasteiger partial charge in [0, 0.05) is 0 Å². The van der Waals surface area contributed by atoms with Crippen molar-refractivity contribution in [2.45, 2.75) is 6.92 Å². The molecule has 0 aliphatic heterocycles. The monoisotopic (exact) mass is 261 g/mol. The summed E-state index contributed by atoms with van der Waals surface area (Å²) in [5.41, 5.74) is 5.37. The van der Waals surface area contributed by atoms with Gasteiger partial charge in [0.15, 0.2) is 0 Å². The van der Waals surface area contributed by atoms with Gasteiger partial charge in [-0.15, -0.1) is 0 Å². The summed E-state index contributed by atoms with van der Waals surface area (Å²) >= 11 is 0. The lowest BCUT2D eigenvalue weighted by Crippen LogP contribution is -2.05. The van der Waals surface area contributed by atoms with Crippen molar-refractivity contribution in [2.75, 3.05) is 13.2 Å². The second kappa shape index (κ2) is 5.89. The van der Waals surface area contributed by atoms with Crippen molar-refractivity contribution in [3.8, 4) is 0 Å². The highest BCUT2D eigenvalue weighted by Crippen LogP contribution is 2.55. The van der Waals surface area contributed by atoms with E-state index in [2.05, 4.69) is 8.83 Å². The van der Waals surface area contributed by atoms with Crippen LogP contribution >= 0.6 is 15.6 Å². The van der Waals surface area contributed by atoms with E-state index in [1.165, 1.54) is 6.08 Å². The molecule has 0 aromatic rings. The number of phosphoric acid groups is 1. The molecule has 0 fully saturated rings. The molecule has 0 rings (SSSR count). The van der Waals surface area contributed by atoms with Crippen molar-refractivity contribution >= 4 is 15.6 Å². The molecule has 1 atom stereocenters. The van der Waals surface area contributed by atoms with E-state index in [1.807, 2.05) is 0 Å². The van der Waals surface area contributed by atoms with Gasteiger partial charge >= 0.3 is 15.6 Å². The highest BCUT2D eigenvalue weighted by molar-refractivity contribution is 7.62. The highest BCUT2D eigenvalue weighted by Gasteiger charge is 2.29. The fourth-order valence-electron chi connectivity index (χ4n) is 0.578. The molecule has 90 valence electrons. The fourth-order valence-corrected chi connectivity index (χ4v) is 2.34. The second-order valence-electron chi connectivity index (χ2n) is 2.62. The first kappa shape index (κ1) is 15.0. The molecule has 0 heterocycles.